The lowest BCUT2D eigenvalue weighted by Crippen LogP contribution is -2.46. The molecule has 2 aromatic rings. The number of piperidine rings is 1. The van der Waals surface area contributed by atoms with Gasteiger partial charge in [0.05, 0.1) is 24.0 Å². The van der Waals surface area contributed by atoms with E-state index in [1.165, 1.54) is 5.56 Å². The van der Waals surface area contributed by atoms with Crippen LogP contribution in [0.5, 0.6) is 0 Å². The summed E-state index contributed by atoms with van der Waals surface area (Å²) >= 11 is 0. The van der Waals surface area contributed by atoms with E-state index in [9.17, 15) is 5.11 Å². The van der Waals surface area contributed by atoms with E-state index in [1.807, 2.05) is 16.9 Å². The second-order valence-electron chi connectivity index (χ2n) is 8.59. The van der Waals surface area contributed by atoms with E-state index >= 15 is 0 Å². The maximum atomic E-state index is 10.1. The molecule has 3 aliphatic heterocycles. The Morgan fingerprint density at radius 2 is 2.17 bits per heavy atom. The lowest BCUT2D eigenvalue weighted by atomic mass is 9.82. The van der Waals surface area contributed by atoms with Crippen LogP contribution in [0.4, 0.5) is 5.82 Å². The van der Waals surface area contributed by atoms with Crippen molar-refractivity contribution in [2.75, 3.05) is 37.6 Å². The molecule has 0 bridgehead atoms. The Morgan fingerprint density at radius 1 is 1.23 bits per heavy atom. The standard InChI is InChI=1S/C21H32N8O/c1-2-29-12-14(9-24-29)18-8-16-19(11-23-18)26-27-21(16)17-4-3-5-20(25-17)28-7-6-22-10-15(30)13-28/h3-5,9,12,15-16,18-19,21-23,26-27,30H,2,6-8,10-11,13H2,1H3/t15-,16?,18?,19?,21?/m1/s1. The van der Waals surface area contributed by atoms with Crippen molar-refractivity contribution in [1.29, 1.82) is 0 Å². The molecule has 4 unspecified atom stereocenters. The van der Waals surface area contributed by atoms with Gasteiger partial charge in [0.25, 0.3) is 0 Å². The molecular formula is C21H32N8O. The van der Waals surface area contributed by atoms with Gasteiger partial charge >= 0.3 is 0 Å². The van der Waals surface area contributed by atoms with Crippen LogP contribution in [-0.2, 0) is 6.54 Å². The minimum absolute atomic E-state index is 0.163. The molecule has 0 radical (unpaired) electrons. The number of hydrazine groups is 1. The Kier molecular flexibility index (Phi) is 5.70. The molecule has 3 saturated heterocycles. The number of aryl methyl sites for hydroxylation is 1. The van der Waals surface area contributed by atoms with Gasteiger partial charge in [-0.15, -0.1) is 0 Å². The van der Waals surface area contributed by atoms with Crippen molar-refractivity contribution in [3.63, 3.8) is 0 Å². The lowest BCUT2D eigenvalue weighted by molar-refractivity contribution is 0.184. The Bertz CT molecular complexity index is 857. The highest BCUT2D eigenvalue weighted by Crippen LogP contribution is 2.38. The summed E-state index contributed by atoms with van der Waals surface area (Å²) < 4.78 is 1.99. The molecule has 5 atom stereocenters. The Morgan fingerprint density at radius 3 is 3.03 bits per heavy atom. The molecule has 5 heterocycles. The largest absolute Gasteiger partial charge is 0.390 e. The minimum Gasteiger partial charge on any atom is -0.390 e. The Hall–Kier alpha value is -2.04. The van der Waals surface area contributed by atoms with Crippen molar-refractivity contribution in [3.05, 3.63) is 41.9 Å². The molecule has 5 rings (SSSR count). The molecule has 3 fully saturated rings. The van der Waals surface area contributed by atoms with E-state index in [0.717, 1.165) is 44.1 Å². The van der Waals surface area contributed by atoms with Crippen molar-refractivity contribution >= 4 is 5.82 Å². The summed E-state index contributed by atoms with van der Waals surface area (Å²) in [6.07, 6.45) is 4.80. The first-order valence-corrected chi connectivity index (χ1v) is 11.1. The highest BCUT2D eigenvalue weighted by molar-refractivity contribution is 5.40. The average molecular weight is 413 g/mol. The Labute approximate surface area is 177 Å². The molecule has 9 heteroatoms. The average Bonchev–Trinajstić information content (AvgIpc) is 3.37. The molecule has 2 aromatic heterocycles. The molecule has 9 nitrogen and oxygen atoms in total. The predicted octanol–water partition coefficient (Wildman–Crippen LogP) is -0.0632. The fraction of sp³-hybridized carbons (Fsp3) is 0.619. The van der Waals surface area contributed by atoms with E-state index in [-0.39, 0.29) is 12.1 Å². The fourth-order valence-corrected chi connectivity index (χ4v) is 4.94. The smallest absolute Gasteiger partial charge is 0.129 e. The zero-order valence-electron chi connectivity index (χ0n) is 17.5. The monoisotopic (exact) mass is 412 g/mol. The van der Waals surface area contributed by atoms with Gasteiger partial charge in [-0.05, 0) is 25.5 Å². The molecule has 0 amide bonds. The number of nitrogens with zero attached hydrogens (tertiary/aromatic N) is 4. The van der Waals surface area contributed by atoms with Crippen LogP contribution >= 0.6 is 0 Å². The third-order valence-electron chi connectivity index (χ3n) is 6.61. The second kappa shape index (κ2) is 8.60. The van der Waals surface area contributed by atoms with E-state index in [4.69, 9.17) is 4.98 Å². The number of aromatic nitrogens is 3. The quantitative estimate of drug-likeness (QED) is 0.476. The molecule has 3 aliphatic rings. The molecule has 30 heavy (non-hydrogen) atoms. The van der Waals surface area contributed by atoms with Gasteiger partial charge in [0.2, 0.25) is 0 Å². The summed E-state index contributed by atoms with van der Waals surface area (Å²) in [4.78, 5) is 7.19. The minimum atomic E-state index is -0.372. The summed E-state index contributed by atoms with van der Waals surface area (Å²) in [6, 6.07) is 7.10. The van der Waals surface area contributed by atoms with Crippen LogP contribution in [0.3, 0.4) is 0 Å². The van der Waals surface area contributed by atoms with Crippen LogP contribution in [0.1, 0.15) is 36.7 Å². The van der Waals surface area contributed by atoms with E-state index in [2.05, 4.69) is 56.7 Å². The van der Waals surface area contributed by atoms with Gasteiger partial charge < -0.3 is 20.6 Å². The first kappa shape index (κ1) is 19.9. The number of aliphatic hydroxyl groups is 1. The topological polar surface area (TPSA) is 102 Å². The van der Waals surface area contributed by atoms with Crippen molar-refractivity contribution in [2.45, 2.75) is 44.1 Å². The molecule has 0 spiro atoms. The summed E-state index contributed by atoms with van der Waals surface area (Å²) in [5.74, 6) is 1.38. The van der Waals surface area contributed by atoms with E-state index < -0.39 is 0 Å². The normalized spacial score (nSPS) is 32.1. The second-order valence-corrected chi connectivity index (χ2v) is 8.59. The number of aliphatic hydroxyl groups excluding tert-OH is 1. The number of β-amino-alcohol motifs (C(OH)–C–C–N with tert-alkyl or cyclic N) is 1. The number of hydrogen-bond donors (Lipinski definition) is 5. The number of fused-ring (bicyclic) bond motifs is 1. The number of nitrogens with one attached hydrogen (secondary N) is 4. The summed E-state index contributed by atoms with van der Waals surface area (Å²) in [5, 5.41) is 21.5. The van der Waals surface area contributed by atoms with Crippen LogP contribution in [0.15, 0.2) is 30.6 Å². The van der Waals surface area contributed by atoms with Crippen LogP contribution in [0, 0.1) is 5.92 Å². The first-order chi connectivity index (χ1) is 14.7. The maximum Gasteiger partial charge on any atom is 0.129 e. The van der Waals surface area contributed by atoms with E-state index in [1.54, 1.807) is 0 Å². The number of anilines is 1. The first-order valence-electron chi connectivity index (χ1n) is 11.1. The third-order valence-corrected chi connectivity index (χ3v) is 6.61. The molecule has 162 valence electrons. The van der Waals surface area contributed by atoms with Crippen LogP contribution in [0.25, 0.3) is 0 Å². The number of rotatable bonds is 4. The fourth-order valence-electron chi connectivity index (χ4n) is 4.94. The zero-order chi connectivity index (χ0) is 20.5. The van der Waals surface area contributed by atoms with Gasteiger partial charge in [-0.3, -0.25) is 10.1 Å². The van der Waals surface area contributed by atoms with Crippen LogP contribution in [-0.4, -0.2) is 64.7 Å². The molecule has 0 saturated carbocycles. The molecule has 0 aliphatic carbocycles. The predicted molar refractivity (Wildman–Crippen MR) is 115 cm³/mol. The maximum absolute atomic E-state index is 10.1. The summed E-state index contributed by atoms with van der Waals surface area (Å²) in [7, 11) is 0. The SMILES string of the molecule is CCn1cc(C2CC3C(CN2)NNC3c2cccc(N3CCNC[C@@H](O)C3)n2)cn1. The van der Waals surface area contributed by atoms with Gasteiger partial charge in [0.1, 0.15) is 5.82 Å². The van der Waals surface area contributed by atoms with Crippen molar-refractivity contribution in [1.82, 2.24) is 36.2 Å². The highest BCUT2D eigenvalue weighted by atomic mass is 16.3. The van der Waals surface area contributed by atoms with Crippen molar-refractivity contribution in [2.24, 2.45) is 5.92 Å². The molecular weight excluding hydrogens is 380 g/mol. The number of hydrogen-bond acceptors (Lipinski definition) is 8. The lowest BCUT2D eigenvalue weighted by Gasteiger charge is -2.34. The third kappa shape index (κ3) is 3.95. The van der Waals surface area contributed by atoms with Crippen molar-refractivity contribution in [3.8, 4) is 0 Å². The van der Waals surface area contributed by atoms with Gasteiger partial charge in [-0.2, -0.15) is 5.10 Å². The number of pyridine rings is 1. The van der Waals surface area contributed by atoms with Crippen LogP contribution in [0.2, 0.25) is 0 Å². The zero-order valence-corrected chi connectivity index (χ0v) is 17.5. The molecule has 0 aromatic carbocycles. The summed E-state index contributed by atoms with van der Waals surface area (Å²) in [5.41, 5.74) is 9.29. The van der Waals surface area contributed by atoms with Gasteiger partial charge in [0, 0.05) is 69.0 Å². The van der Waals surface area contributed by atoms with Gasteiger partial charge in [-0.1, -0.05) is 6.07 Å². The van der Waals surface area contributed by atoms with E-state index in [0.29, 0.717) is 31.1 Å². The van der Waals surface area contributed by atoms with Gasteiger partial charge in [0.15, 0.2) is 0 Å². The van der Waals surface area contributed by atoms with Crippen LogP contribution < -0.4 is 26.4 Å². The summed E-state index contributed by atoms with van der Waals surface area (Å²) in [6.45, 7) is 6.87. The van der Waals surface area contributed by atoms with Crippen molar-refractivity contribution < 1.29 is 5.11 Å². The van der Waals surface area contributed by atoms with Gasteiger partial charge in [-0.25, -0.2) is 10.4 Å². The Balaban J connectivity index is 1.34. The molecule has 5 N–H and O–H groups in total. The highest BCUT2D eigenvalue weighted by Gasteiger charge is 2.42.